The molecule has 0 N–H and O–H groups in total. The number of rotatable bonds is 3. The molecule has 0 atom stereocenters. The van der Waals surface area contributed by atoms with Gasteiger partial charge in [-0.05, 0) is 74.8 Å². The molecule has 3 heteroatoms. The van der Waals surface area contributed by atoms with E-state index >= 15 is 0 Å². The lowest BCUT2D eigenvalue weighted by molar-refractivity contribution is 0.667. The summed E-state index contributed by atoms with van der Waals surface area (Å²) in [6.45, 7) is 0. The molecule has 10 aromatic rings. The van der Waals surface area contributed by atoms with Gasteiger partial charge >= 0.3 is 0 Å². The molecule has 0 aliphatic rings. The van der Waals surface area contributed by atoms with Gasteiger partial charge in [-0.1, -0.05) is 103 Å². The van der Waals surface area contributed by atoms with Gasteiger partial charge in [-0.25, -0.2) is 0 Å². The number of furan rings is 2. The lowest BCUT2D eigenvalue weighted by Gasteiger charge is -2.26. The Bertz CT molecular complexity index is 2750. The highest BCUT2D eigenvalue weighted by Crippen LogP contribution is 2.45. The third-order valence-electron chi connectivity index (χ3n) is 9.23. The molecule has 0 fully saturated rings. The van der Waals surface area contributed by atoms with Gasteiger partial charge in [0.15, 0.2) is 5.58 Å². The van der Waals surface area contributed by atoms with Gasteiger partial charge in [0.05, 0.1) is 11.4 Å². The molecule has 0 saturated heterocycles. The first-order valence-electron chi connectivity index (χ1n) is 15.3. The van der Waals surface area contributed by atoms with Crippen LogP contribution in [0, 0.1) is 0 Å². The SMILES string of the molecule is c1ccc2c(c1)oc1cc(N(c3ccc4c5ccccc5c5ccccc5c4c3)c3cccc4c3oc3ccccc34)ccc12. The van der Waals surface area contributed by atoms with Crippen molar-refractivity contribution >= 4 is 93.3 Å². The van der Waals surface area contributed by atoms with E-state index in [4.69, 9.17) is 8.83 Å². The average molecular weight is 576 g/mol. The summed E-state index contributed by atoms with van der Waals surface area (Å²) < 4.78 is 13.0. The molecule has 0 radical (unpaired) electrons. The fourth-order valence-electron chi connectivity index (χ4n) is 7.22. The zero-order valence-corrected chi connectivity index (χ0v) is 24.2. The number of nitrogens with zero attached hydrogens (tertiary/aromatic N) is 1. The Balaban J connectivity index is 1.29. The summed E-state index contributed by atoms with van der Waals surface area (Å²) in [7, 11) is 0. The van der Waals surface area contributed by atoms with Crippen LogP contribution in [0.15, 0.2) is 160 Å². The lowest BCUT2D eigenvalue weighted by Crippen LogP contribution is -2.10. The van der Waals surface area contributed by atoms with E-state index in [1.54, 1.807) is 0 Å². The summed E-state index contributed by atoms with van der Waals surface area (Å²) in [5.74, 6) is 0. The van der Waals surface area contributed by atoms with Crippen LogP contribution >= 0.6 is 0 Å². The zero-order valence-electron chi connectivity index (χ0n) is 24.2. The maximum absolute atomic E-state index is 6.59. The number of anilines is 3. The second-order valence-corrected chi connectivity index (χ2v) is 11.7. The first kappa shape index (κ1) is 24.4. The molecule has 2 aromatic heterocycles. The molecule has 2 heterocycles. The molecule has 0 spiro atoms. The van der Waals surface area contributed by atoms with Crippen molar-refractivity contribution in [2.24, 2.45) is 0 Å². The van der Waals surface area contributed by atoms with Crippen LogP contribution in [0.2, 0.25) is 0 Å². The van der Waals surface area contributed by atoms with Crippen LogP contribution in [0.25, 0.3) is 76.2 Å². The van der Waals surface area contributed by atoms with E-state index in [1.807, 2.05) is 24.3 Å². The molecule has 0 amide bonds. The van der Waals surface area contributed by atoms with Crippen LogP contribution in [0.5, 0.6) is 0 Å². The quantitative estimate of drug-likeness (QED) is 0.196. The topological polar surface area (TPSA) is 29.5 Å². The molecule has 0 saturated carbocycles. The van der Waals surface area contributed by atoms with Gasteiger partial charge in [-0.3, -0.25) is 0 Å². The molecule has 0 unspecified atom stereocenters. The van der Waals surface area contributed by atoms with Crippen LogP contribution in [0.4, 0.5) is 17.1 Å². The van der Waals surface area contributed by atoms with E-state index in [9.17, 15) is 0 Å². The van der Waals surface area contributed by atoms with E-state index in [0.29, 0.717) is 0 Å². The maximum Gasteiger partial charge on any atom is 0.159 e. The smallest absolute Gasteiger partial charge is 0.159 e. The van der Waals surface area contributed by atoms with Crippen molar-refractivity contribution in [1.29, 1.82) is 0 Å². The minimum absolute atomic E-state index is 0.854. The van der Waals surface area contributed by atoms with Crippen molar-refractivity contribution in [2.45, 2.75) is 0 Å². The van der Waals surface area contributed by atoms with Crippen LogP contribution in [0.3, 0.4) is 0 Å². The summed E-state index contributed by atoms with van der Waals surface area (Å²) in [6.07, 6.45) is 0. The lowest BCUT2D eigenvalue weighted by atomic mass is 9.94. The summed E-state index contributed by atoms with van der Waals surface area (Å²) in [5, 5.41) is 11.9. The zero-order chi connectivity index (χ0) is 29.5. The van der Waals surface area contributed by atoms with Gasteiger partial charge in [0.25, 0.3) is 0 Å². The van der Waals surface area contributed by atoms with Gasteiger partial charge in [0.2, 0.25) is 0 Å². The number of para-hydroxylation sites is 3. The van der Waals surface area contributed by atoms with Crippen molar-refractivity contribution in [3.63, 3.8) is 0 Å². The van der Waals surface area contributed by atoms with Crippen molar-refractivity contribution in [1.82, 2.24) is 0 Å². The fraction of sp³-hybridized carbons (Fsp3) is 0. The fourth-order valence-corrected chi connectivity index (χ4v) is 7.22. The normalized spacial score (nSPS) is 12.0. The predicted octanol–water partition coefficient (Wildman–Crippen LogP) is 12.4. The Morgan fingerprint density at radius 1 is 0.311 bits per heavy atom. The van der Waals surface area contributed by atoms with Gasteiger partial charge in [-0.15, -0.1) is 0 Å². The molecule has 3 nitrogen and oxygen atoms in total. The standard InChI is InChI=1S/C42H25NO2/c1-2-12-30-28(10-1)29-11-3-4-13-31(29)37-24-26(20-22-32(30)37)43(27-21-23-35-33-14-5-7-18-39(33)44-41(35)25-27)38-17-9-16-36-34-15-6-8-19-40(34)45-42(36)38/h1-25H. The van der Waals surface area contributed by atoms with E-state index in [0.717, 1.165) is 60.9 Å². The van der Waals surface area contributed by atoms with Gasteiger partial charge in [0, 0.05) is 33.3 Å². The predicted molar refractivity (Wildman–Crippen MR) is 188 cm³/mol. The molecule has 0 aliphatic heterocycles. The average Bonchev–Trinajstić information content (AvgIpc) is 3.67. The number of hydrogen-bond acceptors (Lipinski definition) is 3. The van der Waals surface area contributed by atoms with Crippen LogP contribution in [0.1, 0.15) is 0 Å². The van der Waals surface area contributed by atoms with Crippen LogP contribution in [-0.2, 0) is 0 Å². The van der Waals surface area contributed by atoms with Crippen molar-refractivity contribution in [3.05, 3.63) is 152 Å². The van der Waals surface area contributed by atoms with Crippen molar-refractivity contribution in [3.8, 4) is 0 Å². The third-order valence-corrected chi connectivity index (χ3v) is 9.23. The van der Waals surface area contributed by atoms with Gasteiger partial charge in [-0.2, -0.15) is 0 Å². The molecule has 10 rings (SSSR count). The molecule has 210 valence electrons. The minimum Gasteiger partial charge on any atom is -0.456 e. The molecular formula is C42H25NO2. The highest BCUT2D eigenvalue weighted by atomic mass is 16.3. The van der Waals surface area contributed by atoms with E-state index < -0.39 is 0 Å². The Morgan fingerprint density at radius 2 is 0.778 bits per heavy atom. The number of fused-ring (bicyclic) bond motifs is 12. The van der Waals surface area contributed by atoms with Gasteiger partial charge in [0.1, 0.15) is 16.7 Å². The maximum atomic E-state index is 6.59. The Kier molecular flexibility index (Phi) is 5.00. The summed E-state index contributed by atoms with van der Waals surface area (Å²) in [6, 6.07) is 53.7. The van der Waals surface area contributed by atoms with Gasteiger partial charge < -0.3 is 13.7 Å². The second-order valence-electron chi connectivity index (χ2n) is 11.7. The first-order valence-corrected chi connectivity index (χ1v) is 15.3. The largest absolute Gasteiger partial charge is 0.456 e. The van der Waals surface area contributed by atoms with Crippen LogP contribution in [-0.4, -0.2) is 0 Å². The Hall–Kier alpha value is -6.06. The molecule has 45 heavy (non-hydrogen) atoms. The molecular weight excluding hydrogens is 550 g/mol. The van der Waals surface area contributed by atoms with E-state index in [-0.39, 0.29) is 0 Å². The minimum atomic E-state index is 0.854. The molecule has 0 bridgehead atoms. The Labute approximate surface area is 258 Å². The van der Waals surface area contributed by atoms with Crippen LogP contribution < -0.4 is 4.90 Å². The van der Waals surface area contributed by atoms with Crippen molar-refractivity contribution in [2.75, 3.05) is 4.90 Å². The Morgan fingerprint density at radius 3 is 1.47 bits per heavy atom. The summed E-state index contributed by atoms with van der Waals surface area (Å²) >= 11 is 0. The van der Waals surface area contributed by atoms with E-state index in [1.165, 1.54) is 32.3 Å². The summed E-state index contributed by atoms with van der Waals surface area (Å²) in [5.41, 5.74) is 6.50. The molecule has 0 aliphatic carbocycles. The third kappa shape index (κ3) is 3.52. The number of benzene rings is 8. The van der Waals surface area contributed by atoms with Crippen molar-refractivity contribution < 1.29 is 8.83 Å². The molecule has 8 aromatic carbocycles. The second kappa shape index (κ2) is 9.22. The highest BCUT2D eigenvalue weighted by molar-refractivity contribution is 6.26. The van der Waals surface area contributed by atoms with E-state index in [2.05, 4.69) is 132 Å². The first-order chi connectivity index (χ1) is 22.3. The summed E-state index contributed by atoms with van der Waals surface area (Å²) in [4.78, 5) is 2.31. The number of hydrogen-bond donors (Lipinski definition) is 0. The monoisotopic (exact) mass is 575 g/mol. The highest BCUT2D eigenvalue weighted by Gasteiger charge is 2.21.